The van der Waals surface area contributed by atoms with Gasteiger partial charge in [0.2, 0.25) is 0 Å². The van der Waals surface area contributed by atoms with Crippen LogP contribution in [0, 0.1) is 4.78 Å². The van der Waals surface area contributed by atoms with E-state index in [9.17, 15) is 9.32 Å². The molecular weight excluding hydrogens is 364 g/mol. The van der Waals surface area contributed by atoms with E-state index < -0.39 is 16.0 Å². The molecule has 2 atom stereocenters. The number of fused-ring (bicyclic) bond motifs is 1. The van der Waals surface area contributed by atoms with Crippen molar-refractivity contribution < 1.29 is 14.1 Å². The Hall–Kier alpha value is -2.68. The molecule has 0 fully saturated rings. The number of rotatable bonds is 7. The summed E-state index contributed by atoms with van der Waals surface area (Å²) < 4.78 is 28.3. The number of anilines is 2. The Morgan fingerprint density at radius 2 is 1.96 bits per heavy atom. The number of pyridine rings is 1. The van der Waals surface area contributed by atoms with Crippen LogP contribution in [0.3, 0.4) is 0 Å². The third-order valence-corrected chi connectivity index (χ3v) is 5.51. The summed E-state index contributed by atoms with van der Waals surface area (Å²) in [5.41, 5.74) is 2.42. The van der Waals surface area contributed by atoms with E-state index in [0.717, 1.165) is 22.3 Å². The van der Waals surface area contributed by atoms with E-state index in [0.29, 0.717) is 10.6 Å². The second-order valence-corrected chi connectivity index (χ2v) is 7.99. The summed E-state index contributed by atoms with van der Waals surface area (Å²) in [6.45, 7) is 1.66. The monoisotopic (exact) mass is 386 g/mol. The van der Waals surface area contributed by atoms with E-state index in [1.165, 1.54) is 0 Å². The smallest absolute Gasteiger partial charge is 0.145 e. The minimum absolute atomic E-state index is 0.0904. The van der Waals surface area contributed by atoms with E-state index in [2.05, 4.69) is 15.0 Å². The van der Waals surface area contributed by atoms with Crippen LogP contribution in [0.15, 0.2) is 59.6 Å². The predicted octanol–water partition coefficient (Wildman–Crippen LogP) is 3.28. The van der Waals surface area contributed by atoms with Crippen LogP contribution in [0.4, 0.5) is 11.4 Å². The zero-order valence-electron chi connectivity index (χ0n) is 15.1. The van der Waals surface area contributed by atoms with Gasteiger partial charge in [0.1, 0.15) is 21.2 Å². The van der Waals surface area contributed by atoms with E-state index in [1.807, 2.05) is 24.3 Å². The van der Waals surface area contributed by atoms with Crippen LogP contribution in [-0.4, -0.2) is 34.1 Å². The largest absolute Gasteiger partial charge is 0.494 e. The summed E-state index contributed by atoms with van der Waals surface area (Å²) in [6, 6.07) is 14.4. The minimum atomic E-state index is -3.15. The standard InChI is InChI=1S/C19H22N4O3S/c1-13(24)12-22-27(20,25)15-8-6-14(7-9-15)23-17-10-11-21-19-16(17)4-3-5-18(19)26-2/h3-11,13,24H,12H2,1-2H3,(H,21,23)(H2,20,22,25)/t13-,27-/m1/s1. The van der Waals surface area contributed by atoms with Gasteiger partial charge in [-0.2, -0.15) is 0 Å². The molecule has 0 saturated heterocycles. The van der Waals surface area contributed by atoms with Crippen molar-refractivity contribution in [2.24, 2.45) is 0 Å². The lowest BCUT2D eigenvalue weighted by atomic mass is 10.1. The average molecular weight is 386 g/mol. The molecule has 0 amide bonds. The number of aliphatic hydroxyl groups is 1. The van der Waals surface area contributed by atoms with E-state index in [-0.39, 0.29) is 6.54 Å². The first-order valence-corrected chi connectivity index (χ1v) is 9.97. The number of para-hydroxylation sites is 1. The Labute approximate surface area is 158 Å². The Bertz CT molecular complexity index is 1030. The van der Waals surface area contributed by atoms with E-state index in [1.54, 1.807) is 44.5 Å². The zero-order valence-corrected chi connectivity index (χ0v) is 15.9. The third kappa shape index (κ3) is 4.36. The number of methoxy groups -OCH3 is 1. The van der Waals surface area contributed by atoms with Crippen LogP contribution in [0.25, 0.3) is 10.9 Å². The molecule has 2 aromatic carbocycles. The summed E-state index contributed by atoms with van der Waals surface area (Å²) in [4.78, 5) is 4.74. The first kappa shape index (κ1) is 19.1. The number of aromatic nitrogens is 1. The van der Waals surface area contributed by atoms with Crippen LogP contribution >= 0.6 is 0 Å². The normalized spacial score (nSPS) is 14.5. The van der Waals surface area contributed by atoms with Gasteiger partial charge in [-0.25, -0.2) is 13.7 Å². The van der Waals surface area contributed by atoms with Crippen molar-refractivity contribution in [3.63, 3.8) is 0 Å². The van der Waals surface area contributed by atoms with Gasteiger partial charge in [0.25, 0.3) is 0 Å². The van der Waals surface area contributed by atoms with Crippen molar-refractivity contribution in [2.75, 3.05) is 19.0 Å². The number of nitrogens with one attached hydrogen (secondary N) is 3. The molecule has 27 heavy (non-hydrogen) atoms. The zero-order chi connectivity index (χ0) is 19.4. The fraction of sp³-hybridized carbons (Fsp3) is 0.211. The first-order valence-electron chi connectivity index (χ1n) is 8.41. The van der Waals surface area contributed by atoms with Crippen LogP contribution < -0.4 is 14.8 Å². The maximum Gasteiger partial charge on any atom is 0.145 e. The molecule has 0 aliphatic heterocycles. The predicted molar refractivity (Wildman–Crippen MR) is 107 cm³/mol. The highest BCUT2D eigenvalue weighted by molar-refractivity contribution is 7.90. The fourth-order valence-corrected chi connectivity index (χ4v) is 3.79. The molecule has 4 N–H and O–H groups in total. The van der Waals surface area contributed by atoms with Gasteiger partial charge >= 0.3 is 0 Å². The van der Waals surface area contributed by atoms with Gasteiger partial charge in [-0.3, -0.25) is 4.98 Å². The molecule has 0 unspecified atom stereocenters. The van der Waals surface area contributed by atoms with Crippen LogP contribution in [0.5, 0.6) is 5.75 Å². The van der Waals surface area contributed by atoms with Gasteiger partial charge in [0.15, 0.2) is 0 Å². The molecule has 3 aromatic rings. The van der Waals surface area contributed by atoms with Gasteiger partial charge in [-0.05, 0) is 43.3 Å². The Balaban J connectivity index is 1.84. The average Bonchev–Trinajstić information content (AvgIpc) is 2.67. The first-order chi connectivity index (χ1) is 12.9. The molecule has 0 aliphatic carbocycles. The lowest BCUT2D eigenvalue weighted by molar-refractivity contribution is 0.199. The Kier molecular flexibility index (Phi) is 5.59. The van der Waals surface area contributed by atoms with Gasteiger partial charge in [-0.1, -0.05) is 12.1 Å². The summed E-state index contributed by atoms with van der Waals surface area (Å²) in [7, 11) is -1.54. The van der Waals surface area contributed by atoms with Crippen LogP contribution in [0.2, 0.25) is 0 Å². The van der Waals surface area contributed by atoms with E-state index in [4.69, 9.17) is 9.52 Å². The van der Waals surface area contributed by atoms with Crippen LogP contribution in [-0.2, 0) is 9.92 Å². The molecule has 3 rings (SSSR count). The number of hydrogen-bond acceptors (Lipinski definition) is 6. The maximum atomic E-state index is 12.4. The number of nitrogens with zero attached hydrogens (tertiary/aromatic N) is 1. The Morgan fingerprint density at radius 1 is 1.22 bits per heavy atom. The topological polar surface area (TPSA) is 107 Å². The summed E-state index contributed by atoms with van der Waals surface area (Å²) in [5, 5.41) is 13.5. The summed E-state index contributed by atoms with van der Waals surface area (Å²) in [6.07, 6.45) is 1.03. The van der Waals surface area contributed by atoms with Crippen molar-refractivity contribution in [1.29, 1.82) is 4.78 Å². The maximum absolute atomic E-state index is 12.4. The fourth-order valence-electron chi connectivity index (χ4n) is 2.63. The molecule has 0 bridgehead atoms. The number of aliphatic hydroxyl groups excluding tert-OH is 1. The van der Waals surface area contributed by atoms with Crippen molar-refractivity contribution >= 4 is 32.2 Å². The number of hydrogen-bond donors (Lipinski definition) is 4. The van der Waals surface area contributed by atoms with Crippen molar-refractivity contribution in [3.05, 3.63) is 54.7 Å². The number of ether oxygens (including phenoxy) is 1. The summed E-state index contributed by atoms with van der Waals surface area (Å²) >= 11 is 0. The van der Waals surface area contributed by atoms with Crippen molar-refractivity contribution in [2.45, 2.75) is 17.9 Å². The SMILES string of the molecule is COc1cccc2c(Nc3ccc([S@](=N)(=O)NC[C@@H](C)O)cc3)ccnc12. The molecule has 0 radical (unpaired) electrons. The van der Waals surface area contributed by atoms with Crippen molar-refractivity contribution in [1.82, 2.24) is 9.71 Å². The van der Waals surface area contributed by atoms with Gasteiger partial charge in [0.05, 0.1) is 18.1 Å². The molecular formula is C19H22N4O3S. The highest BCUT2D eigenvalue weighted by Gasteiger charge is 2.11. The quantitative estimate of drug-likeness (QED) is 0.498. The summed E-state index contributed by atoms with van der Waals surface area (Å²) in [5.74, 6) is 0.699. The highest BCUT2D eigenvalue weighted by atomic mass is 32.2. The molecule has 7 nitrogen and oxygen atoms in total. The molecule has 1 heterocycles. The Morgan fingerprint density at radius 3 is 2.63 bits per heavy atom. The second-order valence-electron chi connectivity index (χ2n) is 6.12. The molecule has 0 aliphatic rings. The second kappa shape index (κ2) is 7.91. The number of benzene rings is 2. The van der Waals surface area contributed by atoms with Gasteiger partial charge < -0.3 is 15.2 Å². The molecule has 8 heteroatoms. The highest BCUT2D eigenvalue weighted by Crippen LogP contribution is 2.30. The van der Waals surface area contributed by atoms with Gasteiger partial charge in [0, 0.05) is 29.5 Å². The minimum Gasteiger partial charge on any atom is -0.494 e. The molecule has 0 spiro atoms. The molecule has 0 saturated carbocycles. The lowest BCUT2D eigenvalue weighted by Crippen LogP contribution is -2.29. The lowest BCUT2D eigenvalue weighted by Gasteiger charge is -2.13. The van der Waals surface area contributed by atoms with Crippen molar-refractivity contribution in [3.8, 4) is 5.75 Å². The van der Waals surface area contributed by atoms with Gasteiger partial charge in [-0.15, -0.1) is 0 Å². The molecule has 1 aromatic heterocycles. The molecule has 142 valence electrons. The van der Waals surface area contributed by atoms with Crippen LogP contribution in [0.1, 0.15) is 6.92 Å². The third-order valence-electron chi connectivity index (χ3n) is 4.00. The van der Waals surface area contributed by atoms with E-state index >= 15 is 0 Å².